The SMILES string of the molecule is Cc1c[nH]c2ncnc(C3=CC(C)N(C(=O)Nc4cccc(F)c4)CC3)c12. The summed E-state index contributed by atoms with van der Waals surface area (Å²) in [6.45, 7) is 4.55. The number of anilines is 1. The lowest BCUT2D eigenvalue weighted by Gasteiger charge is -2.32. The molecule has 1 aliphatic rings. The molecule has 3 heterocycles. The Labute approximate surface area is 156 Å². The Morgan fingerprint density at radius 1 is 1.37 bits per heavy atom. The molecule has 1 unspecified atom stereocenters. The van der Waals surface area contributed by atoms with Crippen molar-refractivity contribution in [1.82, 2.24) is 19.9 Å². The number of rotatable bonds is 2. The number of H-pyrrole nitrogens is 1. The van der Waals surface area contributed by atoms with E-state index in [1.807, 2.05) is 20.0 Å². The lowest BCUT2D eigenvalue weighted by Crippen LogP contribution is -2.43. The van der Waals surface area contributed by atoms with Crippen LogP contribution in [0, 0.1) is 12.7 Å². The van der Waals surface area contributed by atoms with Gasteiger partial charge < -0.3 is 15.2 Å². The van der Waals surface area contributed by atoms with Crippen LogP contribution in [0.3, 0.4) is 0 Å². The zero-order valence-corrected chi connectivity index (χ0v) is 15.2. The van der Waals surface area contributed by atoms with Crippen LogP contribution < -0.4 is 5.32 Å². The van der Waals surface area contributed by atoms with E-state index in [1.165, 1.54) is 12.1 Å². The van der Waals surface area contributed by atoms with E-state index >= 15 is 0 Å². The molecule has 2 N–H and O–H groups in total. The van der Waals surface area contributed by atoms with Gasteiger partial charge in [-0.25, -0.2) is 19.2 Å². The number of nitrogens with zero attached hydrogens (tertiary/aromatic N) is 3. The number of aromatic amines is 1. The minimum Gasteiger partial charge on any atom is -0.346 e. The maximum absolute atomic E-state index is 13.3. The van der Waals surface area contributed by atoms with E-state index in [9.17, 15) is 9.18 Å². The molecule has 0 aliphatic carbocycles. The number of benzene rings is 1. The van der Waals surface area contributed by atoms with Gasteiger partial charge in [0.1, 0.15) is 17.8 Å². The highest BCUT2D eigenvalue weighted by Crippen LogP contribution is 2.30. The second-order valence-electron chi connectivity index (χ2n) is 6.73. The van der Waals surface area contributed by atoms with Crippen LogP contribution in [0.5, 0.6) is 0 Å². The van der Waals surface area contributed by atoms with E-state index in [0.29, 0.717) is 18.7 Å². The second kappa shape index (κ2) is 6.83. The molecule has 138 valence electrons. The first kappa shape index (κ1) is 17.2. The molecule has 0 saturated carbocycles. The van der Waals surface area contributed by atoms with Crippen LogP contribution in [-0.2, 0) is 0 Å². The van der Waals surface area contributed by atoms with Gasteiger partial charge >= 0.3 is 6.03 Å². The minimum absolute atomic E-state index is 0.105. The van der Waals surface area contributed by atoms with Crippen molar-refractivity contribution in [3.8, 4) is 0 Å². The van der Waals surface area contributed by atoms with Gasteiger partial charge in [-0.3, -0.25) is 0 Å². The van der Waals surface area contributed by atoms with Crippen LogP contribution >= 0.6 is 0 Å². The molecule has 1 aromatic carbocycles. The predicted molar refractivity (Wildman–Crippen MR) is 103 cm³/mol. The molecular weight excluding hydrogens is 345 g/mol. The average Bonchev–Trinajstić information content (AvgIpc) is 3.03. The van der Waals surface area contributed by atoms with E-state index in [0.717, 1.165) is 27.9 Å². The number of carbonyl (C=O) groups is 1. The fourth-order valence-corrected chi connectivity index (χ4v) is 3.52. The number of aromatic nitrogens is 3. The minimum atomic E-state index is -0.378. The number of aryl methyl sites for hydroxylation is 1. The third-order valence-electron chi connectivity index (χ3n) is 4.86. The molecule has 2 amide bonds. The summed E-state index contributed by atoms with van der Waals surface area (Å²) in [5, 5.41) is 3.78. The van der Waals surface area contributed by atoms with Gasteiger partial charge in [0.2, 0.25) is 0 Å². The fourth-order valence-electron chi connectivity index (χ4n) is 3.52. The first-order valence-electron chi connectivity index (χ1n) is 8.86. The number of urea groups is 1. The standard InChI is InChI=1S/C20H20FN5O/c1-12-10-22-19-17(12)18(23-11-24-19)14-6-7-26(13(2)8-14)20(27)25-16-5-3-4-15(21)9-16/h3-5,8-11,13H,6-7H2,1-2H3,(H,25,27)(H,22,23,24). The number of nitrogens with one attached hydrogen (secondary N) is 2. The van der Waals surface area contributed by atoms with Gasteiger partial charge in [-0.05, 0) is 49.6 Å². The van der Waals surface area contributed by atoms with Gasteiger partial charge in [0.15, 0.2) is 0 Å². The molecule has 7 heteroatoms. The first-order chi connectivity index (χ1) is 13.0. The summed E-state index contributed by atoms with van der Waals surface area (Å²) >= 11 is 0. The molecule has 3 aromatic rings. The summed E-state index contributed by atoms with van der Waals surface area (Å²) in [6, 6.07) is 5.55. The van der Waals surface area contributed by atoms with Crippen molar-refractivity contribution in [3.05, 3.63) is 59.9 Å². The van der Waals surface area contributed by atoms with E-state index in [-0.39, 0.29) is 17.9 Å². The monoisotopic (exact) mass is 365 g/mol. The number of halogens is 1. The number of hydrogen-bond donors (Lipinski definition) is 2. The second-order valence-corrected chi connectivity index (χ2v) is 6.73. The van der Waals surface area contributed by atoms with Crippen molar-refractivity contribution in [1.29, 1.82) is 0 Å². The predicted octanol–water partition coefficient (Wildman–Crippen LogP) is 4.12. The van der Waals surface area contributed by atoms with Gasteiger partial charge in [0.05, 0.1) is 5.69 Å². The molecule has 1 aliphatic heterocycles. The lowest BCUT2D eigenvalue weighted by molar-refractivity contribution is 0.202. The summed E-state index contributed by atoms with van der Waals surface area (Å²) in [5.41, 5.74) is 4.38. The molecule has 0 radical (unpaired) electrons. The number of hydrogen-bond acceptors (Lipinski definition) is 3. The van der Waals surface area contributed by atoms with Gasteiger partial charge in [-0.15, -0.1) is 0 Å². The summed E-state index contributed by atoms with van der Waals surface area (Å²) in [5.74, 6) is -0.378. The summed E-state index contributed by atoms with van der Waals surface area (Å²) in [4.78, 5) is 26.2. The Balaban J connectivity index is 1.57. The van der Waals surface area contributed by atoms with Gasteiger partial charge in [0, 0.05) is 29.9 Å². The van der Waals surface area contributed by atoms with Crippen molar-refractivity contribution in [3.63, 3.8) is 0 Å². The van der Waals surface area contributed by atoms with Crippen molar-refractivity contribution in [2.45, 2.75) is 26.3 Å². The molecule has 1 atom stereocenters. The number of carbonyl (C=O) groups excluding carboxylic acids is 1. The Hall–Kier alpha value is -3.22. The van der Waals surface area contributed by atoms with E-state index in [2.05, 4.69) is 26.3 Å². The molecule has 27 heavy (non-hydrogen) atoms. The first-order valence-corrected chi connectivity index (χ1v) is 8.86. The maximum atomic E-state index is 13.3. The molecule has 6 nitrogen and oxygen atoms in total. The maximum Gasteiger partial charge on any atom is 0.322 e. The molecule has 0 bridgehead atoms. The van der Waals surface area contributed by atoms with Crippen LogP contribution in [0.25, 0.3) is 16.6 Å². The quantitative estimate of drug-likeness (QED) is 0.718. The highest BCUT2D eigenvalue weighted by Gasteiger charge is 2.25. The molecule has 4 rings (SSSR count). The van der Waals surface area contributed by atoms with Gasteiger partial charge in [-0.1, -0.05) is 12.1 Å². The smallest absolute Gasteiger partial charge is 0.322 e. The lowest BCUT2D eigenvalue weighted by atomic mass is 9.98. The molecular formula is C20H20FN5O. The molecule has 0 saturated heterocycles. The van der Waals surface area contributed by atoms with Crippen LogP contribution in [0.15, 0.2) is 42.9 Å². The summed E-state index contributed by atoms with van der Waals surface area (Å²) in [6.07, 6.45) is 6.23. The highest BCUT2D eigenvalue weighted by atomic mass is 19.1. The average molecular weight is 365 g/mol. The molecule has 2 aromatic heterocycles. The Morgan fingerprint density at radius 3 is 3.00 bits per heavy atom. The van der Waals surface area contributed by atoms with Gasteiger partial charge in [0.25, 0.3) is 0 Å². The van der Waals surface area contributed by atoms with Gasteiger partial charge in [-0.2, -0.15) is 0 Å². The summed E-state index contributed by atoms with van der Waals surface area (Å²) < 4.78 is 13.3. The molecule has 0 fully saturated rings. The zero-order valence-electron chi connectivity index (χ0n) is 15.2. The number of fused-ring (bicyclic) bond motifs is 1. The van der Waals surface area contributed by atoms with Crippen molar-refractivity contribution in [2.24, 2.45) is 0 Å². The van der Waals surface area contributed by atoms with Crippen molar-refractivity contribution < 1.29 is 9.18 Å². The van der Waals surface area contributed by atoms with E-state index < -0.39 is 0 Å². The topological polar surface area (TPSA) is 73.9 Å². The fraction of sp³-hybridized carbons (Fsp3) is 0.250. The number of amides is 2. The largest absolute Gasteiger partial charge is 0.346 e. The zero-order chi connectivity index (χ0) is 19.0. The Bertz CT molecular complexity index is 1040. The van der Waals surface area contributed by atoms with Crippen LogP contribution in [-0.4, -0.2) is 38.5 Å². The summed E-state index contributed by atoms with van der Waals surface area (Å²) in [7, 11) is 0. The normalized spacial score (nSPS) is 17.1. The van der Waals surface area contributed by atoms with Crippen LogP contribution in [0.4, 0.5) is 14.9 Å². The third-order valence-corrected chi connectivity index (χ3v) is 4.86. The van der Waals surface area contributed by atoms with Crippen LogP contribution in [0.1, 0.15) is 24.6 Å². The Kier molecular flexibility index (Phi) is 4.35. The Morgan fingerprint density at radius 2 is 2.22 bits per heavy atom. The van der Waals surface area contributed by atoms with Crippen molar-refractivity contribution >= 4 is 28.3 Å². The van der Waals surface area contributed by atoms with Crippen LogP contribution in [0.2, 0.25) is 0 Å². The van der Waals surface area contributed by atoms with E-state index in [1.54, 1.807) is 23.4 Å². The van der Waals surface area contributed by atoms with E-state index in [4.69, 9.17) is 0 Å². The van der Waals surface area contributed by atoms with Crippen molar-refractivity contribution in [2.75, 3.05) is 11.9 Å². The highest BCUT2D eigenvalue weighted by molar-refractivity contribution is 5.93. The molecule has 0 spiro atoms. The third kappa shape index (κ3) is 3.28.